The topological polar surface area (TPSA) is 111 Å². The fourth-order valence-electron chi connectivity index (χ4n) is 2.00. The van der Waals surface area contributed by atoms with E-state index in [2.05, 4.69) is 15.2 Å². The van der Waals surface area contributed by atoms with E-state index in [1.807, 2.05) is 17.5 Å². The molecule has 2 heterocycles. The third-order valence-corrected chi connectivity index (χ3v) is 5.31. The second-order valence-corrected chi connectivity index (χ2v) is 7.90. The molecule has 0 saturated carbocycles. The molecule has 0 fully saturated rings. The van der Waals surface area contributed by atoms with E-state index in [-0.39, 0.29) is 18.2 Å². The summed E-state index contributed by atoms with van der Waals surface area (Å²) in [4.78, 5) is 12.6. The molecule has 0 aliphatic rings. The van der Waals surface area contributed by atoms with Crippen molar-refractivity contribution in [2.75, 3.05) is 17.0 Å². The summed E-state index contributed by atoms with van der Waals surface area (Å²) in [5.74, 6) is 0.185. The SMILES string of the molecule is O=C(NCCS(=O)(=O)Nc1ccccc1)Oc1cc(-c2cccs2)on1. The van der Waals surface area contributed by atoms with Gasteiger partial charge in [0.2, 0.25) is 10.0 Å². The van der Waals surface area contributed by atoms with Crippen molar-refractivity contribution in [2.45, 2.75) is 0 Å². The molecule has 3 rings (SSSR count). The Labute approximate surface area is 153 Å². The highest BCUT2D eigenvalue weighted by Crippen LogP contribution is 2.27. The molecule has 0 aliphatic carbocycles. The van der Waals surface area contributed by atoms with Crippen LogP contribution in [-0.4, -0.2) is 32.0 Å². The van der Waals surface area contributed by atoms with Gasteiger partial charge in [-0.25, -0.2) is 13.2 Å². The number of nitrogens with zero attached hydrogens (tertiary/aromatic N) is 1. The zero-order valence-electron chi connectivity index (χ0n) is 13.4. The fourth-order valence-corrected chi connectivity index (χ4v) is 3.64. The molecule has 2 aromatic heterocycles. The first-order chi connectivity index (χ1) is 12.5. The lowest BCUT2D eigenvalue weighted by Crippen LogP contribution is -2.33. The second-order valence-electron chi connectivity index (χ2n) is 5.11. The van der Waals surface area contributed by atoms with Crippen molar-refractivity contribution in [3.63, 3.8) is 0 Å². The predicted molar refractivity (Wildman–Crippen MR) is 97.7 cm³/mol. The van der Waals surface area contributed by atoms with Crippen molar-refractivity contribution in [1.29, 1.82) is 0 Å². The Balaban J connectivity index is 1.45. The van der Waals surface area contributed by atoms with Gasteiger partial charge in [-0.2, -0.15) is 0 Å². The monoisotopic (exact) mass is 393 g/mol. The first-order valence-electron chi connectivity index (χ1n) is 7.54. The highest BCUT2D eigenvalue weighted by atomic mass is 32.2. The smallest absolute Gasteiger partial charge is 0.388 e. The molecule has 3 aromatic rings. The van der Waals surface area contributed by atoms with Gasteiger partial charge in [-0.1, -0.05) is 24.3 Å². The number of nitrogens with one attached hydrogen (secondary N) is 2. The fraction of sp³-hybridized carbons (Fsp3) is 0.125. The van der Waals surface area contributed by atoms with Crippen LogP contribution in [0.2, 0.25) is 0 Å². The van der Waals surface area contributed by atoms with Crippen LogP contribution in [0.25, 0.3) is 10.6 Å². The Morgan fingerprint density at radius 1 is 1.19 bits per heavy atom. The van der Waals surface area contributed by atoms with Crippen LogP contribution in [0, 0.1) is 0 Å². The van der Waals surface area contributed by atoms with Crippen LogP contribution in [0.5, 0.6) is 5.88 Å². The minimum Gasteiger partial charge on any atom is -0.388 e. The number of para-hydroxylation sites is 1. The van der Waals surface area contributed by atoms with Gasteiger partial charge in [0.1, 0.15) is 0 Å². The summed E-state index contributed by atoms with van der Waals surface area (Å²) in [6.45, 7) is -0.114. The lowest BCUT2D eigenvalue weighted by molar-refractivity contribution is 0.196. The molecule has 0 spiro atoms. The van der Waals surface area contributed by atoms with E-state index in [1.54, 1.807) is 30.3 Å². The van der Waals surface area contributed by atoms with Gasteiger partial charge in [0.15, 0.2) is 5.76 Å². The maximum atomic E-state index is 11.9. The first kappa shape index (κ1) is 18.0. The number of ether oxygens (including phenoxy) is 1. The van der Waals surface area contributed by atoms with Crippen LogP contribution in [0.15, 0.2) is 58.4 Å². The highest BCUT2D eigenvalue weighted by molar-refractivity contribution is 7.92. The Bertz CT molecular complexity index is 953. The summed E-state index contributed by atoms with van der Waals surface area (Å²) in [5, 5.41) is 7.88. The Morgan fingerprint density at radius 3 is 2.73 bits per heavy atom. The number of rotatable bonds is 7. The van der Waals surface area contributed by atoms with Crippen LogP contribution in [0.1, 0.15) is 0 Å². The molecule has 0 aliphatic heterocycles. The highest BCUT2D eigenvalue weighted by Gasteiger charge is 2.14. The second kappa shape index (κ2) is 8.02. The molecule has 0 unspecified atom stereocenters. The van der Waals surface area contributed by atoms with Crippen molar-refractivity contribution < 1.29 is 22.5 Å². The Kier molecular flexibility index (Phi) is 5.54. The maximum Gasteiger partial charge on any atom is 0.414 e. The van der Waals surface area contributed by atoms with Gasteiger partial charge in [0.05, 0.1) is 16.7 Å². The molecule has 0 radical (unpaired) electrons. The van der Waals surface area contributed by atoms with Gasteiger partial charge >= 0.3 is 6.09 Å². The molecule has 26 heavy (non-hydrogen) atoms. The zero-order valence-corrected chi connectivity index (χ0v) is 15.0. The van der Waals surface area contributed by atoms with Crippen LogP contribution >= 0.6 is 11.3 Å². The average Bonchev–Trinajstić information content (AvgIpc) is 3.26. The average molecular weight is 393 g/mol. The summed E-state index contributed by atoms with van der Waals surface area (Å²) < 4.78 is 36.3. The van der Waals surface area contributed by atoms with E-state index < -0.39 is 16.1 Å². The van der Waals surface area contributed by atoms with E-state index in [4.69, 9.17) is 9.26 Å². The number of anilines is 1. The van der Waals surface area contributed by atoms with Gasteiger partial charge in [-0.3, -0.25) is 4.72 Å². The number of hydrogen-bond acceptors (Lipinski definition) is 7. The minimum absolute atomic E-state index is 0.00355. The van der Waals surface area contributed by atoms with Crippen molar-refractivity contribution in [1.82, 2.24) is 10.5 Å². The Hall–Kier alpha value is -2.85. The molecular weight excluding hydrogens is 378 g/mol. The van der Waals surface area contributed by atoms with Gasteiger partial charge in [-0.15, -0.1) is 11.3 Å². The number of carbonyl (C=O) groups is 1. The molecule has 136 valence electrons. The molecular formula is C16H15N3O5S2. The van der Waals surface area contributed by atoms with Gasteiger partial charge in [0, 0.05) is 12.2 Å². The largest absolute Gasteiger partial charge is 0.414 e. The van der Waals surface area contributed by atoms with Gasteiger partial charge < -0.3 is 14.6 Å². The lowest BCUT2D eigenvalue weighted by Gasteiger charge is -2.08. The summed E-state index contributed by atoms with van der Waals surface area (Å²) in [5.41, 5.74) is 0.457. The van der Waals surface area contributed by atoms with E-state index in [0.29, 0.717) is 11.4 Å². The van der Waals surface area contributed by atoms with E-state index >= 15 is 0 Å². The van der Waals surface area contributed by atoms with Gasteiger partial charge in [0.25, 0.3) is 5.88 Å². The maximum absolute atomic E-state index is 11.9. The summed E-state index contributed by atoms with van der Waals surface area (Å²) in [6.07, 6.45) is -0.814. The lowest BCUT2D eigenvalue weighted by atomic mass is 10.3. The summed E-state index contributed by atoms with van der Waals surface area (Å²) in [6, 6.07) is 13.7. The summed E-state index contributed by atoms with van der Waals surface area (Å²) in [7, 11) is -3.58. The number of sulfonamides is 1. The number of benzene rings is 1. The number of hydrogen-bond donors (Lipinski definition) is 2. The molecule has 0 saturated heterocycles. The van der Waals surface area contributed by atoms with E-state index in [9.17, 15) is 13.2 Å². The summed E-state index contributed by atoms with van der Waals surface area (Å²) >= 11 is 1.46. The first-order valence-corrected chi connectivity index (χ1v) is 10.1. The van der Waals surface area contributed by atoms with E-state index in [1.165, 1.54) is 17.4 Å². The third kappa shape index (κ3) is 5.07. The van der Waals surface area contributed by atoms with Crippen molar-refractivity contribution >= 4 is 33.1 Å². The predicted octanol–water partition coefficient (Wildman–Crippen LogP) is 2.93. The Morgan fingerprint density at radius 2 is 2.00 bits per heavy atom. The quantitative estimate of drug-likeness (QED) is 0.638. The molecule has 2 N–H and O–H groups in total. The zero-order chi connectivity index (χ0) is 18.4. The number of thiophene rings is 1. The van der Waals surface area contributed by atoms with Crippen LogP contribution < -0.4 is 14.8 Å². The number of carbonyl (C=O) groups excluding carboxylic acids is 1. The molecule has 10 heteroatoms. The molecule has 0 atom stereocenters. The number of amides is 1. The standard InChI is InChI=1S/C16H15N3O5S2/c20-16(23-15-11-13(24-18-15)14-7-4-9-25-14)17-8-10-26(21,22)19-12-5-2-1-3-6-12/h1-7,9,11,19H,8,10H2,(H,17,20). The van der Waals surface area contributed by atoms with Crippen LogP contribution in [0.3, 0.4) is 0 Å². The van der Waals surface area contributed by atoms with Crippen LogP contribution in [0.4, 0.5) is 10.5 Å². The minimum atomic E-state index is -3.58. The van der Waals surface area contributed by atoms with Crippen LogP contribution in [-0.2, 0) is 10.0 Å². The molecule has 1 amide bonds. The molecule has 1 aromatic carbocycles. The third-order valence-electron chi connectivity index (χ3n) is 3.14. The number of aromatic nitrogens is 1. The van der Waals surface area contributed by atoms with Crippen molar-refractivity contribution in [2.24, 2.45) is 0 Å². The van der Waals surface area contributed by atoms with E-state index in [0.717, 1.165) is 4.88 Å². The van der Waals surface area contributed by atoms with Gasteiger partial charge in [-0.05, 0) is 28.7 Å². The van der Waals surface area contributed by atoms with Crippen molar-refractivity contribution in [3.05, 3.63) is 53.9 Å². The van der Waals surface area contributed by atoms with Crippen molar-refractivity contribution in [3.8, 4) is 16.5 Å². The molecule has 0 bridgehead atoms. The normalized spacial score (nSPS) is 11.1. The molecule has 8 nitrogen and oxygen atoms in total.